The van der Waals surface area contributed by atoms with Crippen LogP contribution in [0.15, 0.2) is 47.1 Å². The summed E-state index contributed by atoms with van der Waals surface area (Å²) in [5.74, 6) is -0.492. The summed E-state index contributed by atoms with van der Waals surface area (Å²) in [6.07, 6.45) is 2.30. The number of rotatable bonds is 6. The molecule has 1 aromatic carbocycles. The number of benzene rings is 1. The van der Waals surface area contributed by atoms with Crippen LogP contribution in [0, 0.1) is 0 Å². The first kappa shape index (κ1) is 13.4. The minimum Gasteiger partial charge on any atom is -0.478 e. The van der Waals surface area contributed by atoms with E-state index >= 15 is 0 Å². The summed E-state index contributed by atoms with van der Waals surface area (Å²) in [6, 6.07) is 11.9. The molecule has 100 valence electrons. The molecule has 0 amide bonds. The highest BCUT2D eigenvalue weighted by atomic mass is 16.4. The molecule has 19 heavy (non-hydrogen) atoms. The van der Waals surface area contributed by atoms with E-state index in [9.17, 15) is 4.79 Å². The number of carbonyl (C=O) groups is 1. The van der Waals surface area contributed by atoms with Crippen LogP contribution in [-0.2, 0) is 13.0 Å². The van der Waals surface area contributed by atoms with Crippen molar-refractivity contribution in [1.29, 1.82) is 0 Å². The van der Waals surface area contributed by atoms with Gasteiger partial charge in [-0.2, -0.15) is 0 Å². The zero-order valence-electron chi connectivity index (χ0n) is 10.8. The Balaban J connectivity index is 1.88. The number of nitrogens with one attached hydrogen (secondary N) is 1. The number of hydrogen-bond acceptors (Lipinski definition) is 3. The molecule has 4 nitrogen and oxygen atoms in total. The Morgan fingerprint density at radius 2 is 2.05 bits per heavy atom. The minimum absolute atomic E-state index is 0.222. The molecule has 0 radical (unpaired) electrons. The molecule has 1 unspecified atom stereocenters. The maximum absolute atomic E-state index is 10.9. The normalized spacial score (nSPS) is 12.3. The van der Waals surface area contributed by atoms with Gasteiger partial charge in [0.25, 0.3) is 0 Å². The highest BCUT2D eigenvalue weighted by Gasteiger charge is 2.13. The van der Waals surface area contributed by atoms with E-state index in [4.69, 9.17) is 9.52 Å². The van der Waals surface area contributed by atoms with Gasteiger partial charge < -0.3 is 14.8 Å². The smallest absolute Gasteiger partial charge is 0.339 e. The molecule has 0 saturated heterocycles. The SMILES string of the molecule is CC(Cc1ccccc1)NCc1occc1C(=O)O. The van der Waals surface area contributed by atoms with Gasteiger partial charge in [-0.3, -0.25) is 0 Å². The molecule has 1 atom stereocenters. The predicted molar refractivity (Wildman–Crippen MR) is 72.1 cm³/mol. The Morgan fingerprint density at radius 1 is 1.32 bits per heavy atom. The molecule has 2 rings (SSSR count). The third-order valence-electron chi connectivity index (χ3n) is 2.97. The Labute approximate surface area is 112 Å². The van der Waals surface area contributed by atoms with Crippen molar-refractivity contribution in [2.24, 2.45) is 0 Å². The summed E-state index contributed by atoms with van der Waals surface area (Å²) in [6.45, 7) is 2.49. The zero-order chi connectivity index (χ0) is 13.7. The van der Waals surface area contributed by atoms with Gasteiger partial charge in [0.15, 0.2) is 0 Å². The van der Waals surface area contributed by atoms with Crippen LogP contribution in [0.4, 0.5) is 0 Å². The summed E-state index contributed by atoms with van der Waals surface area (Å²) in [7, 11) is 0. The maximum atomic E-state index is 10.9. The van der Waals surface area contributed by atoms with Gasteiger partial charge in [-0.1, -0.05) is 30.3 Å². The molecule has 1 aromatic heterocycles. The maximum Gasteiger partial charge on any atom is 0.339 e. The number of aromatic carboxylic acids is 1. The number of carboxylic acid groups (broad SMARTS) is 1. The predicted octanol–water partition coefficient (Wildman–Crippen LogP) is 2.70. The number of hydrogen-bond donors (Lipinski definition) is 2. The van der Waals surface area contributed by atoms with Crippen molar-refractivity contribution in [3.8, 4) is 0 Å². The molecule has 0 aliphatic rings. The summed E-state index contributed by atoms with van der Waals surface area (Å²) < 4.78 is 5.18. The van der Waals surface area contributed by atoms with Crippen LogP contribution in [0.5, 0.6) is 0 Å². The number of furan rings is 1. The Kier molecular flexibility index (Phi) is 4.36. The van der Waals surface area contributed by atoms with E-state index in [0.29, 0.717) is 12.3 Å². The van der Waals surface area contributed by atoms with E-state index in [1.165, 1.54) is 17.9 Å². The summed E-state index contributed by atoms with van der Waals surface area (Å²) in [4.78, 5) is 10.9. The van der Waals surface area contributed by atoms with Crippen LogP contribution < -0.4 is 5.32 Å². The second kappa shape index (κ2) is 6.20. The molecule has 2 N–H and O–H groups in total. The fraction of sp³-hybridized carbons (Fsp3) is 0.267. The van der Waals surface area contributed by atoms with Crippen molar-refractivity contribution < 1.29 is 14.3 Å². The lowest BCUT2D eigenvalue weighted by molar-refractivity contribution is 0.0694. The summed E-state index contributed by atoms with van der Waals surface area (Å²) in [5.41, 5.74) is 1.47. The molecule has 2 aromatic rings. The lowest BCUT2D eigenvalue weighted by Crippen LogP contribution is -2.28. The van der Waals surface area contributed by atoms with E-state index in [-0.39, 0.29) is 11.6 Å². The molecule has 0 bridgehead atoms. The van der Waals surface area contributed by atoms with Crippen LogP contribution in [-0.4, -0.2) is 17.1 Å². The van der Waals surface area contributed by atoms with Gasteiger partial charge in [-0.25, -0.2) is 4.79 Å². The van der Waals surface area contributed by atoms with E-state index in [0.717, 1.165) is 6.42 Å². The van der Waals surface area contributed by atoms with Crippen LogP contribution >= 0.6 is 0 Å². The topological polar surface area (TPSA) is 62.5 Å². The van der Waals surface area contributed by atoms with E-state index in [1.54, 1.807) is 0 Å². The quantitative estimate of drug-likeness (QED) is 0.837. The average molecular weight is 259 g/mol. The van der Waals surface area contributed by atoms with E-state index in [2.05, 4.69) is 24.4 Å². The third kappa shape index (κ3) is 3.69. The lowest BCUT2D eigenvalue weighted by atomic mass is 10.1. The van der Waals surface area contributed by atoms with Crippen LogP contribution in [0.1, 0.15) is 28.6 Å². The van der Waals surface area contributed by atoms with E-state index < -0.39 is 5.97 Å². The van der Waals surface area contributed by atoms with Crippen molar-refractivity contribution in [2.45, 2.75) is 25.9 Å². The molecule has 0 spiro atoms. The van der Waals surface area contributed by atoms with Crippen molar-refractivity contribution >= 4 is 5.97 Å². The van der Waals surface area contributed by atoms with Gasteiger partial charge in [0, 0.05) is 6.04 Å². The van der Waals surface area contributed by atoms with Gasteiger partial charge in [-0.15, -0.1) is 0 Å². The largest absolute Gasteiger partial charge is 0.478 e. The highest BCUT2D eigenvalue weighted by molar-refractivity contribution is 5.88. The Bertz CT molecular complexity index is 533. The zero-order valence-corrected chi connectivity index (χ0v) is 10.8. The third-order valence-corrected chi connectivity index (χ3v) is 2.97. The van der Waals surface area contributed by atoms with Crippen molar-refractivity contribution in [2.75, 3.05) is 0 Å². The lowest BCUT2D eigenvalue weighted by Gasteiger charge is -2.13. The van der Waals surface area contributed by atoms with Crippen LogP contribution in [0.25, 0.3) is 0 Å². The standard InChI is InChI=1S/C15H17NO3/c1-11(9-12-5-3-2-4-6-12)16-10-14-13(15(17)18)7-8-19-14/h2-8,11,16H,9-10H2,1H3,(H,17,18). The van der Waals surface area contributed by atoms with Gasteiger partial charge in [-0.05, 0) is 25.0 Å². The van der Waals surface area contributed by atoms with Gasteiger partial charge in [0.2, 0.25) is 0 Å². The van der Waals surface area contributed by atoms with Crippen LogP contribution in [0.3, 0.4) is 0 Å². The van der Waals surface area contributed by atoms with E-state index in [1.807, 2.05) is 18.2 Å². The van der Waals surface area contributed by atoms with Gasteiger partial charge in [0.1, 0.15) is 11.3 Å². The minimum atomic E-state index is -0.957. The molecule has 0 saturated carbocycles. The highest BCUT2D eigenvalue weighted by Crippen LogP contribution is 2.11. The summed E-state index contributed by atoms with van der Waals surface area (Å²) >= 11 is 0. The molecule has 4 heteroatoms. The second-order valence-corrected chi connectivity index (χ2v) is 4.53. The molecule has 1 heterocycles. The monoisotopic (exact) mass is 259 g/mol. The fourth-order valence-electron chi connectivity index (χ4n) is 1.97. The van der Waals surface area contributed by atoms with Gasteiger partial charge >= 0.3 is 5.97 Å². The first-order valence-corrected chi connectivity index (χ1v) is 6.24. The first-order chi connectivity index (χ1) is 9.16. The van der Waals surface area contributed by atoms with Crippen molar-refractivity contribution in [3.05, 3.63) is 59.5 Å². The Morgan fingerprint density at radius 3 is 2.74 bits per heavy atom. The molecular formula is C15H17NO3. The number of carboxylic acids is 1. The average Bonchev–Trinajstić information content (AvgIpc) is 2.86. The van der Waals surface area contributed by atoms with Crippen molar-refractivity contribution in [3.63, 3.8) is 0 Å². The summed E-state index contributed by atoms with van der Waals surface area (Å²) in [5, 5.41) is 12.2. The van der Waals surface area contributed by atoms with Gasteiger partial charge in [0.05, 0.1) is 12.8 Å². The Hall–Kier alpha value is -2.07. The second-order valence-electron chi connectivity index (χ2n) is 4.53. The molecule has 0 aliphatic carbocycles. The molecule has 0 fully saturated rings. The first-order valence-electron chi connectivity index (χ1n) is 6.24. The van der Waals surface area contributed by atoms with Crippen molar-refractivity contribution in [1.82, 2.24) is 5.32 Å². The fourth-order valence-corrected chi connectivity index (χ4v) is 1.97. The molecule has 0 aliphatic heterocycles. The van der Waals surface area contributed by atoms with Crippen LogP contribution in [0.2, 0.25) is 0 Å². The molecular weight excluding hydrogens is 242 g/mol.